The minimum absolute atomic E-state index is 0.419. The van der Waals surface area contributed by atoms with Gasteiger partial charge in [0.15, 0.2) is 0 Å². The number of carbonyl (C=O) groups excluding carboxylic acids is 2. The van der Waals surface area contributed by atoms with E-state index in [2.05, 4.69) is 15.9 Å². The molecule has 0 spiro atoms. The molecule has 0 aliphatic carbocycles. The van der Waals surface area contributed by atoms with Crippen molar-refractivity contribution in [3.63, 3.8) is 0 Å². The summed E-state index contributed by atoms with van der Waals surface area (Å²) in [5.41, 5.74) is 2.18. The van der Waals surface area contributed by atoms with Crippen LogP contribution in [-0.4, -0.2) is 24.8 Å². The van der Waals surface area contributed by atoms with E-state index in [1.165, 1.54) is 0 Å². The number of nitrogens with zero attached hydrogens (tertiary/aromatic N) is 1. The van der Waals surface area contributed by atoms with E-state index < -0.39 is 11.7 Å². The Bertz CT molecular complexity index is 755. The van der Waals surface area contributed by atoms with Crippen LogP contribution in [0, 0.1) is 6.92 Å². The van der Waals surface area contributed by atoms with E-state index in [9.17, 15) is 9.59 Å². The van der Waals surface area contributed by atoms with Crippen LogP contribution in [0.3, 0.4) is 0 Å². The molecule has 0 atom stereocenters. The number of ether oxygens (including phenoxy) is 1. The highest BCUT2D eigenvalue weighted by Crippen LogP contribution is 2.29. The lowest BCUT2D eigenvalue weighted by Crippen LogP contribution is -2.31. The summed E-state index contributed by atoms with van der Waals surface area (Å²) >= 11 is 3.37. The number of Topliss-reactive ketones (excluding diaryl/α,β-unsaturated/α-hetero) is 1. The third-order valence-electron chi connectivity index (χ3n) is 3.74. The molecule has 5 heteroatoms. The van der Waals surface area contributed by atoms with E-state index >= 15 is 0 Å². The van der Waals surface area contributed by atoms with E-state index in [4.69, 9.17) is 4.74 Å². The van der Waals surface area contributed by atoms with Crippen LogP contribution in [0.15, 0.2) is 46.9 Å². The Balaban J connectivity index is 1.59. The summed E-state index contributed by atoms with van der Waals surface area (Å²) in [5.74, 6) is -0.0835. The minimum atomic E-state index is -0.450. The van der Waals surface area contributed by atoms with Crippen molar-refractivity contribution in [1.82, 2.24) is 0 Å². The quantitative estimate of drug-likeness (QED) is 0.592. The van der Waals surface area contributed by atoms with Gasteiger partial charge in [0.25, 0.3) is 11.7 Å². The van der Waals surface area contributed by atoms with Gasteiger partial charge in [-0.25, -0.2) is 0 Å². The summed E-state index contributed by atoms with van der Waals surface area (Å²) in [6.45, 7) is 2.87. The Hall–Kier alpha value is -2.14. The van der Waals surface area contributed by atoms with Gasteiger partial charge in [-0.2, -0.15) is 0 Å². The largest absolute Gasteiger partial charge is 0.494 e. The fraction of sp³-hybridized carbons (Fsp3) is 0.222. The average Bonchev–Trinajstić information content (AvgIpc) is 2.77. The number of hydrogen-bond acceptors (Lipinski definition) is 3. The zero-order chi connectivity index (χ0) is 16.4. The molecule has 118 valence electrons. The molecule has 3 rings (SSSR count). The zero-order valence-electron chi connectivity index (χ0n) is 12.7. The predicted octanol–water partition coefficient (Wildman–Crippen LogP) is 3.76. The van der Waals surface area contributed by atoms with Gasteiger partial charge >= 0.3 is 0 Å². The normalized spacial score (nSPS) is 13.4. The Morgan fingerprint density at radius 2 is 1.83 bits per heavy atom. The van der Waals surface area contributed by atoms with Crippen LogP contribution < -0.4 is 9.64 Å². The maximum atomic E-state index is 12.1. The number of anilines is 1. The second-order valence-electron chi connectivity index (χ2n) is 5.46. The van der Waals surface area contributed by atoms with Gasteiger partial charge in [0, 0.05) is 11.0 Å². The monoisotopic (exact) mass is 373 g/mol. The number of fused-ring (bicyclic) bond motifs is 1. The molecule has 1 aliphatic heterocycles. The Morgan fingerprint density at radius 1 is 1.09 bits per heavy atom. The first kappa shape index (κ1) is 15.7. The molecule has 4 nitrogen and oxygen atoms in total. The molecule has 0 saturated carbocycles. The Kier molecular flexibility index (Phi) is 4.48. The van der Waals surface area contributed by atoms with Gasteiger partial charge in [0.05, 0.1) is 17.9 Å². The van der Waals surface area contributed by atoms with Crippen molar-refractivity contribution in [3.05, 3.63) is 58.1 Å². The molecular weight excluding hydrogens is 358 g/mol. The molecule has 0 radical (unpaired) electrons. The molecule has 1 heterocycles. The molecule has 0 N–H and O–H groups in total. The van der Waals surface area contributed by atoms with Gasteiger partial charge in [-0.1, -0.05) is 27.6 Å². The highest BCUT2D eigenvalue weighted by molar-refractivity contribution is 9.10. The molecule has 2 aromatic carbocycles. The second-order valence-corrected chi connectivity index (χ2v) is 6.38. The van der Waals surface area contributed by atoms with Gasteiger partial charge in [-0.15, -0.1) is 0 Å². The van der Waals surface area contributed by atoms with Crippen LogP contribution in [-0.2, 0) is 4.79 Å². The number of carbonyl (C=O) groups is 2. The molecule has 0 unspecified atom stereocenters. The summed E-state index contributed by atoms with van der Waals surface area (Å²) in [4.78, 5) is 25.7. The number of amides is 1. The molecule has 0 saturated heterocycles. The lowest BCUT2D eigenvalue weighted by molar-refractivity contribution is -0.114. The lowest BCUT2D eigenvalue weighted by atomic mass is 10.1. The SMILES string of the molecule is Cc1ccc2c(c1)C(=O)C(=O)N2CCCOc1ccc(Br)cc1. The van der Waals surface area contributed by atoms with Gasteiger partial charge in [0.1, 0.15) is 5.75 Å². The number of halogens is 1. The van der Waals surface area contributed by atoms with E-state index in [1.54, 1.807) is 11.0 Å². The Morgan fingerprint density at radius 3 is 2.57 bits per heavy atom. The summed E-state index contributed by atoms with van der Waals surface area (Å²) < 4.78 is 6.64. The molecule has 0 aromatic heterocycles. The molecule has 2 aromatic rings. The summed E-state index contributed by atoms with van der Waals surface area (Å²) in [6.07, 6.45) is 0.655. The minimum Gasteiger partial charge on any atom is -0.494 e. The van der Waals surface area contributed by atoms with Crippen molar-refractivity contribution >= 4 is 33.3 Å². The molecular formula is C18H16BrNO3. The smallest absolute Gasteiger partial charge is 0.299 e. The molecule has 0 bridgehead atoms. The first-order chi connectivity index (χ1) is 11.1. The molecule has 23 heavy (non-hydrogen) atoms. The van der Waals surface area contributed by atoms with E-state index in [0.29, 0.717) is 30.8 Å². The first-order valence-electron chi connectivity index (χ1n) is 7.41. The highest BCUT2D eigenvalue weighted by atomic mass is 79.9. The first-order valence-corrected chi connectivity index (χ1v) is 8.21. The van der Waals surface area contributed by atoms with Gasteiger partial charge in [0.2, 0.25) is 0 Å². The maximum absolute atomic E-state index is 12.1. The van der Waals surface area contributed by atoms with E-state index in [-0.39, 0.29) is 0 Å². The third kappa shape index (κ3) is 3.29. The standard InChI is InChI=1S/C18H16BrNO3/c1-12-3-8-16-15(11-12)17(21)18(22)20(16)9-2-10-23-14-6-4-13(19)5-7-14/h3-8,11H,2,9-10H2,1H3. The lowest BCUT2D eigenvalue weighted by Gasteiger charge is -2.16. The number of aryl methyl sites for hydroxylation is 1. The van der Waals surface area contributed by atoms with Crippen LogP contribution in [0.5, 0.6) is 5.75 Å². The number of hydrogen-bond donors (Lipinski definition) is 0. The van der Waals surface area contributed by atoms with Crippen molar-refractivity contribution in [2.45, 2.75) is 13.3 Å². The van der Waals surface area contributed by atoms with Crippen molar-refractivity contribution in [1.29, 1.82) is 0 Å². The van der Waals surface area contributed by atoms with Gasteiger partial charge in [-0.3, -0.25) is 9.59 Å². The third-order valence-corrected chi connectivity index (χ3v) is 4.26. The van der Waals surface area contributed by atoms with Crippen molar-refractivity contribution in [2.24, 2.45) is 0 Å². The number of rotatable bonds is 5. The van der Waals surface area contributed by atoms with Crippen LogP contribution in [0.1, 0.15) is 22.3 Å². The second kappa shape index (κ2) is 6.54. The van der Waals surface area contributed by atoms with Crippen LogP contribution in [0.4, 0.5) is 5.69 Å². The van der Waals surface area contributed by atoms with Crippen molar-refractivity contribution in [3.8, 4) is 5.75 Å². The van der Waals surface area contributed by atoms with Crippen LogP contribution in [0.2, 0.25) is 0 Å². The topological polar surface area (TPSA) is 46.6 Å². The van der Waals surface area contributed by atoms with Crippen LogP contribution in [0.25, 0.3) is 0 Å². The summed E-state index contributed by atoms with van der Waals surface area (Å²) in [7, 11) is 0. The van der Waals surface area contributed by atoms with E-state index in [1.807, 2.05) is 43.3 Å². The van der Waals surface area contributed by atoms with Gasteiger partial charge < -0.3 is 9.64 Å². The molecule has 0 fully saturated rings. The fourth-order valence-electron chi connectivity index (χ4n) is 2.58. The summed E-state index contributed by atoms with van der Waals surface area (Å²) in [5, 5.41) is 0. The molecule has 1 amide bonds. The predicted molar refractivity (Wildman–Crippen MR) is 92.1 cm³/mol. The van der Waals surface area contributed by atoms with Crippen molar-refractivity contribution < 1.29 is 14.3 Å². The Labute approximate surface area is 143 Å². The average molecular weight is 374 g/mol. The van der Waals surface area contributed by atoms with Crippen molar-refractivity contribution in [2.75, 3.05) is 18.1 Å². The molecule has 1 aliphatic rings. The highest BCUT2D eigenvalue weighted by Gasteiger charge is 2.35. The number of benzene rings is 2. The van der Waals surface area contributed by atoms with Crippen LogP contribution >= 0.6 is 15.9 Å². The van der Waals surface area contributed by atoms with E-state index in [0.717, 1.165) is 15.8 Å². The number of ketones is 1. The fourth-order valence-corrected chi connectivity index (χ4v) is 2.84. The van der Waals surface area contributed by atoms with Gasteiger partial charge in [-0.05, 0) is 49.7 Å². The zero-order valence-corrected chi connectivity index (χ0v) is 14.3. The summed E-state index contributed by atoms with van der Waals surface area (Å²) in [6, 6.07) is 13.1. The maximum Gasteiger partial charge on any atom is 0.299 e.